The van der Waals surface area contributed by atoms with Crippen molar-refractivity contribution in [2.24, 2.45) is 0 Å². The van der Waals surface area contributed by atoms with E-state index in [1.807, 2.05) is 42.2 Å². The molecule has 132 valence electrons. The zero-order valence-electron chi connectivity index (χ0n) is 14.2. The first-order valence-corrected chi connectivity index (χ1v) is 8.70. The highest BCUT2D eigenvalue weighted by molar-refractivity contribution is 5.74. The largest absolute Gasteiger partial charge is 0.372 e. The Labute approximate surface area is 143 Å². The van der Waals surface area contributed by atoms with Crippen LogP contribution in [0.5, 0.6) is 0 Å². The minimum absolute atomic E-state index is 0.0523. The van der Waals surface area contributed by atoms with Gasteiger partial charge in [-0.05, 0) is 12.5 Å². The molecule has 3 rings (SSSR count). The standard InChI is InChI=1S/C18H26N2O4/c1-2-22-16(15-6-4-3-5-7-15)14-19-17(21)20-10-8-18(9-11-20)23-12-13-24-18/h3-7,16H,2,8-14H2,1H3,(H,19,21). The Morgan fingerprint density at radius 3 is 2.54 bits per heavy atom. The number of rotatable bonds is 5. The van der Waals surface area contributed by atoms with Crippen LogP contribution in [0.15, 0.2) is 30.3 Å². The topological polar surface area (TPSA) is 60.0 Å². The van der Waals surface area contributed by atoms with Crippen molar-refractivity contribution in [2.75, 3.05) is 39.5 Å². The van der Waals surface area contributed by atoms with E-state index >= 15 is 0 Å². The van der Waals surface area contributed by atoms with Gasteiger partial charge in [0.15, 0.2) is 5.79 Å². The SMILES string of the molecule is CCOC(CNC(=O)N1CCC2(CC1)OCCO2)c1ccccc1. The molecule has 1 atom stereocenters. The molecular weight excluding hydrogens is 308 g/mol. The Morgan fingerprint density at radius 1 is 1.25 bits per heavy atom. The first-order chi connectivity index (χ1) is 11.7. The van der Waals surface area contributed by atoms with Gasteiger partial charge in [-0.3, -0.25) is 0 Å². The maximum atomic E-state index is 12.4. The molecule has 6 nitrogen and oxygen atoms in total. The van der Waals surface area contributed by atoms with Gasteiger partial charge in [0.2, 0.25) is 0 Å². The van der Waals surface area contributed by atoms with Crippen LogP contribution in [-0.2, 0) is 14.2 Å². The van der Waals surface area contributed by atoms with Crippen molar-refractivity contribution < 1.29 is 19.0 Å². The number of nitrogens with one attached hydrogen (secondary N) is 1. The normalized spacial score (nSPS) is 21.0. The number of carbonyl (C=O) groups excluding carboxylic acids is 1. The Morgan fingerprint density at radius 2 is 1.92 bits per heavy atom. The molecule has 2 heterocycles. The first-order valence-electron chi connectivity index (χ1n) is 8.70. The lowest BCUT2D eigenvalue weighted by atomic mass is 10.0. The lowest BCUT2D eigenvalue weighted by Crippen LogP contribution is -2.50. The van der Waals surface area contributed by atoms with Crippen LogP contribution in [0.3, 0.4) is 0 Å². The van der Waals surface area contributed by atoms with Gasteiger partial charge in [0.25, 0.3) is 0 Å². The number of benzene rings is 1. The second kappa shape index (κ2) is 7.96. The third-order valence-corrected chi connectivity index (χ3v) is 4.60. The molecule has 1 unspecified atom stereocenters. The van der Waals surface area contributed by atoms with Crippen LogP contribution in [-0.4, -0.2) is 56.2 Å². The summed E-state index contributed by atoms with van der Waals surface area (Å²) in [4.78, 5) is 14.2. The number of piperidine rings is 1. The minimum atomic E-state index is -0.450. The number of amides is 2. The maximum Gasteiger partial charge on any atom is 0.317 e. The zero-order chi connectivity index (χ0) is 16.8. The number of likely N-dealkylation sites (tertiary alicyclic amines) is 1. The van der Waals surface area contributed by atoms with Crippen LogP contribution < -0.4 is 5.32 Å². The lowest BCUT2D eigenvalue weighted by Gasteiger charge is -2.37. The van der Waals surface area contributed by atoms with Crippen LogP contribution in [0, 0.1) is 0 Å². The third kappa shape index (κ3) is 4.06. The van der Waals surface area contributed by atoms with Gasteiger partial charge in [0, 0.05) is 39.1 Å². The quantitative estimate of drug-likeness (QED) is 0.898. The number of ether oxygens (including phenoxy) is 3. The fraction of sp³-hybridized carbons (Fsp3) is 0.611. The molecule has 0 aromatic heterocycles. The monoisotopic (exact) mass is 334 g/mol. The van der Waals surface area contributed by atoms with Crippen molar-refractivity contribution >= 4 is 6.03 Å². The molecule has 2 fully saturated rings. The van der Waals surface area contributed by atoms with Gasteiger partial charge in [0.05, 0.1) is 19.3 Å². The van der Waals surface area contributed by atoms with E-state index in [-0.39, 0.29) is 12.1 Å². The summed E-state index contributed by atoms with van der Waals surface area (Å²) in [5.41, 5.74) is 1.07. The predicted octanol–water partition coefficient (Wildman–Crippen LogP) is 2.31. The minimum Gasteiger partial charge on any atom is -0.372 e. The Kier molecular flexibility index (Phi) is 5.71. The Bertz CT molecular complexity index is 521. The molecule has 2 aliphatic heterocycles. The number of hydrogen-bond acceptors (Lipinski definition) is 4. The van der Waals surface area contributed by atoms with Gasteiger partial charge in [-0.1, -0.05) is 30.3 Å². The van der Waals surface area contributed by atoms with Gasteiger partial charge in [-0.25, -0.2) is 4.79 Å². The summed E-state index contributed by atoms with van der Waals surface area (Å²) in [6.07, 6.45) is 1.33. The predicted molar refractivity (Wildman–Crippen MR) is 89.6 cm³/mol. The van der Waals surface area contributed by atoms with Gasteiger partial charge in [0.1, 0.15) is 0 Å². The van der Waals surface area contributed by atoms with Crippen LogP contribution in [0.25, 0.3) is 0 Å². The summed E-state index contributed by atoms with van der Waals surface area (Å²) >= 11 is 0. The van der Waals surface area contributed by atoms with Crippen molar-refractivity contribution in [1.29, 1.82) is 0 Å². The highest BCUT2D eigenvalue weighted by Crippen LogP contribution is 2.31. The molecule has 0 aliphatic carbocycles. The molecule has 2 saturated heterocycles. The van der Waals surface area contributed by atoms with Crippen molar-refractivity contribution in [2.45, 2.75) is 31.7 Å². The van der Waals surface area contributed by atoms with Gasteiger partial charge in [-0.15, -0.1) is 0 Å². The second-order valence-electron chi connectivity index (χ2n) is 6.14. The number of hydrogen-bond donors (Lipinski definition) is 1. The molecule has 1 aromatic rings. The molecule has 0 saturated carbocycles. The Hall–Kier alpha value is -1.63. The van der Waals surface area contributed by atoms with E-state index in [1.165, 1.54) is 0 Å². The summed E-state index contributed by atoms with van der Waals surface area (Å²) in [7, 11) is 0. The molecule has 24 heavy (non-hydrogen) atoms. The van der Waals surface area contributed by atoms with E-state index in [2.05, 4.69) is 5.32 Å². The van der Waals surface area contributed by atoms with Crippen LogP contribution in [0.4, 0.5) is 4.79 Å². The number of urea groups is 1. The maximum absolute atomic E-state index is 12.4. The highest BCUT2D eigenvalue weighted by atomic mass is 16.7. The van der Waals surface area contributed by atoms with Crippen LogP contribution >= 0.6 is 0 Å². The fourth-order valence-electron chi connectivity index (χ4n) is 3.27. The van der Waals surface area contributed by atoms with E-state index < -0.39 is 5.79 Å². The summed E-state index contributed by atoms with van der Waals surface area (Å²) in [6, 6.07) is 9.92. The molecule has 2 aliphatic rings. The van der Waals surface area contributed by atoms with E-state index in [4.69, 9.17) is 14.2 Å². The van der Waals surface area contributed by atoms with Crippen molar-refractivity contribution in [3.8, 4) is 0 Å². The molecule has 1 N–H and O–H groups in total. The van der Waals surface area contributed by atoms with E-state index in [0.29, 0.717) is 39.5 Å². The first kappa shape index (κ1) is 17.2. The van der Waals surface area contributed by atoms with Crippen LogP contribution in [0.1, 0.15) is 31.4 Å². The fourth-order valence-corrected chi connectivity index (χ4v) is 3.27. The molecule has 2 amide bonds. The van der Waals surface area contributed by atoms with E-state index in [0.717, 1.165) is 18.4 Å². The van der Waals surface area contributed by atoms with Crippen molar-refractivity contribution in [3.05, 3.63) is 35.9 Å². The van der Waals surface area contributed by atoms with Crippen molar-refractivity contribution in [1.82, 2.24) is 10.2 Å². The molecule has 1 spiro atoms. The number of nitrogens with zero attached hydrogens (tertiary/aromatic N) is 1. The molecular formula is C18H26N2O4. The molecule has 1 aromatic carbocycles. The summed E-state index contributed by atoms with van der Waals surface area (Å²) in [5, 5.41) is 3.00. The average Bonchev–Trinajstić information content (AvgIpc) is 3.08. The smallest absolute Gasteiger partial charge is 0.317 e. The zero-order valence-corrected chi connectivity index (χ0v) is 14.2. The van der Waals surface area contributed by atoms with Gasteiger partial charge >= 0.3 is 6.03 Å². The summed E-state index contributed by atoms with van der Waals surface area (Å²) in [6.45, 7) is 5.64. The van der Waals surface area contributed by atoms with E-state index in [9.17, 15) is 4.79 Å². The molecule has 0 radical (unpaired) electrons. The molecule has 0 bridgehead atoms. The Balaban J connectivity index is 1.49. The third-order valence-electron chi connectivity index (χ3n) is 4.60. The highest BCUT2D eigenvalue weighted by Gasteiger charge is 2.40. The molecule has 6 heteroatoms. The van der Waals surface area contributed by atoms with Crippen molar-refractivity contribution in [3.63, 3.8) is 0 Å². The van der Waals surface area contributed by atoms with Gasteiger partial charge in [-0.2, -0.15) is 0 Å². The van der Waals surface area contributed by atoms with Crippen LogP contribution in [0.2, 0.25) is 0 Å². The summed E-state index contributed by atoms with van der Waals surface area (Å²) in [5.74, 6) is -0.450. The number of carbonyl (C=O) groups is 1. The average molecular weight is 334 g/mol. The summed E-state index contributed by atoms with van der Waals surface area (Å²) < 4.78 is 17.2. The second-order valence-corrected chi connectivity index (χ2v) is 6.14. The van der Waals surface area contributed by atoms with E-state index in [1.54, 1.807) is 0 Å². The lowest BCUT2D eigenvalue weighted by molar-refractivity contribution is -0.181. The van der Waals surface area contributed by atoms with Gasteiger partial charge < -0.3 is 24.4 Å².